The smallest absolute Gasteiger partial charge is 0.338 e. The van der Waals surface area contributed by atoms with E-state index in [1.54, 1.807) is 49.1 Å². The van der Waals surface area contributed by atoms with Crippen LogP contribution in [-0.2, 0) is 9.53 Å². The second-order valence-electron chi connectivity index (χ2n) is 7.01. The molecule has 2 aromatic rings. The summed E-state index contributed by atoms with van der Waals surface area (Å²) in [6.07, 6.45) is 2.26. The fourth-order valence-electron chi connectivity index (χ4n) is 3.19. The van der Waals surface area contributed by atoms with Crippen LogP contribution in [-0.4, -0.2) is 41.4 Å². The fourth-order valence-corrected chi connectivity index (χ4v) is 3.87. The standard InChI is InChI=1S/C21H24N2O4S/c1-14(2)27-21(26)15-8-10-16(11-9-15)22-19(24)17-6-3-4-12-23(17)20(25)18-7-5-13-28-18/h5,7-11,13-14,17H,3-4,6,12H2,1-2H3,(H,22,24). The maximum Gasteiger partial charge on any atom is 0.338 e. The number of ether oxygens (including phenoxy) is 1. The topological polar surface area (TPSA) is 75.7 Å². The summed E-state index contributed by atoms with van der Waals surface area (Å²) in [5, 5.41) is 4.73. The predicted molar refractivity (Wildman–Crippen MR) is 109 cm³/mol. The van der Waals surface area contributed by atoms with E-state index < -0.39 is 12.0 Å². The Morgan fingerprint density at radius 1 is 1.14 bits per heavy atom. The highest BCUT2D eigenvalue weighted by molar-refractivity contribution is 7.12. The first-order valence-corrected chi connectivity index (χ1v) is 10.3. The molecule has 1 fully saturated rings. The van der Waals surface area contributed by atoms with Gasteiger partial charge in [0.25, 0.3) is 5.91 Å². The Hall–Kier alpha value is -2.67. The lowest BCUT2D eigenvalue weighted by Crippen LogP contribution is -2.49. The number of nitrogens with one attached hydrogen (secondary N) is 1. The van der Waals surface area contributed by atoms with E-state index in [0.29, 0.717) is 29.1 Å². The average molecular weight is 401 g/mol. The Morgan fingerprint density at radius 2 is 1.89 bits per heavy atom. The molecule has 1 unspecified atom stereocenters. The normalized spacial score (nSPS) is 16.7. The van der Waals surface area contributed by atoms with E-state index in [4.69, 9.17) is 4.74 Å². The number of thiophene rings is 1. The molecule has 6 nitrogen and oxygen atoms in total. The maximum absolute atomic E-state index is 12.8. The van der Waals surface area contributed by atoms with Gasteiger partial charge in [0.15, 0.2) is 0 Å². The molecule has 1 N–H and O–H groups in total. The molecule has 2 heterocycles. The molecule has 2 amide bonds. The van der Waals surface area contributed by atoms with E-state index in [-0.39, 0.29) is 17.9 Å². The second-order valence-corrected chi connectivity index (χ2v) is 7.96. The summed E-state index contributed by atoms with van der Waals surface area (Å²) < 4.78 is 5.16. The summed E-state index contributed by atoms with van der Waals surface area (Å²) in [5.41, 5.74) is 1.01. The third-order valence-corrected chi connectivity index (χ3v) is 5.39. The highest BCUT2D eigenvalue weighted by atomic mass is 32.1. The molecule has 1 aromatic heterocycles. The Morgan fingerprint density at radius 3 is 2.54 bits per heavy atom. The highest BCUT2D eigenvalue weighted by Crippen LogP contribution is 2.23. The first kappa shape index (κ1) is 20.1. The SMILES string of the molecule is CC(C)OC(=O)c1ccc(NC(=O)C2CCCCN2C(=O)c2cccs2)cc1. The molecular weight excluding hydrogens is 376 g/mol. The molecule has 28 heavy (non-hydrogen) atoms. The zero-order valence-corrected chi connectivity index (χ0v) is 16.8. The molecule has 0 saturated carbocycles. The van der Waals surface area contributed by atoms with E-state index in [0.717, 1.165) is 12.8 Å². The Balaban J connectivity index is 1.67. The first-order chi connectivity index (χ1) is 13.5. The van der Waals surface area contributed by atoms with Crippen LogP contribution in [0.4, 0.5) is 5.69 Å². The van der Waals surface area contributed by atoms with Crippen LogP contribution in [0.25, 0.3) is 0 Å². The summed E-state index contributed by atoms with van der Waals surface area (Å²) in [6, 6.07) is 9.71. The number of piperidine rings is 1. The summed E-state index contributed by atoms with van der Waals surface area (Å²) in [7, 11) is 0. The number of rotatable bonds is 5. The van der Waals surface area contributed by atoms with Gasteiger partial charge in [-0.15, -0.1) is 11.3 Å². The van der Waals surface area contributed by atoms with E-state index in [9.17, 15) is 14.4 Å². The van der Waals surface area contributed by atoms with Crippen molar-refractivity contribution in [3.05, 3.63) is 52.2 Å². The highest BCUT2D eigenvalue weighted by Gasteiger charge is 2.33. The van der Waals surface area contributed by atoms with Gasteiger partial charge >= 0.3 is 5.97 Å². The Labute approximate surface area is 168 Å². The fraction of sp³-hybridized carbons (Fsp3) is 0.381. The third-order valence-electron chi connectivity index (χ3n) is 4.53. The monoisotopic (exact) mass is 400 g/mol. The van der Waals surface area contributed by atoms with Crippen LogP contribution in [0.15, 0.2) is 41.8 Å². The van der Waals surface area contributed by atoms with E-state index in [1.807, 2.05) is 11.4 Å². The summed E-state index contributed by atoms with van der Waals surface area (Å²) in [6.45, 7) is 4.16. The minimum Gasteiger partial charge on any atom is -0.459 e. The lowest BCUT2D eigenvalue weighted by molar-refractivity contribution is -0.121. The van der Waals surface area contributed by atoms with Gasteiger partial charge in [0.1, 0.15) is 6.04 Å². The zero-order chi connectivity index (χ0) is 20.1. The van der Waals surface area contributed by atoms with Gasteiger partial charge < -0.3 is 15.0 Å². The van der Waals surface area contributed by atoms with Crippen molar-refractivity contribution in [1.29, 1.82) is 0 Å². The van der Waals surface area contributed by atoms with Gasteiger partial charge in [-0.3, -0.25) is 9.59 Å². The Kier molecular flexibility index (Phi) is 6.46. The van der Waals surface area contributed by atoms with Crippen molar-refractivity contribution in [3.63, 3.8) is 0 Å². The molecule has 7 heteroatoms. The van der Waals surface area contributed by atoms with Crippen molar-refractivity contribution >= 4 is 34.8 Å². The van der Waals surface area contributed by atoms with E-state index in [1.165, 1.54) is 11.3 Å². The van der Waals surface area contributed by atoms with Crippen LogP contribution in [0, 0.1) is 0 Å². The second kappa shape index (κ2) is 9.01. The average Bonchev–Trinajstić information content (AvgIpc) is 3.22. The van der Waals surface area contributed by atoms with Crippen molar-refractivity contribution < 1.29 is 19.1 Å². The minimum absolute atomic E-state index is 0.0957. The number of hydrogen-bond donors (Lipinski definition) is 1. The van der Waals surface area contributed by atoms with Gasteiger partial charge in [-0.25, -0.2) is 4.79 Å². The lowest BCUT2D eigenvalue weighted by atomic mass is 10.0. The van der Waals surface area contributed by atoms with Gasteiger partial charge in [-0.05, 0) is 68.8 Å². The summed E-state index contributed by atoms with van der Waals surface area (Å²) >= 11 is 1.38. The largest absolute Gasteiger partial charge is 0.459 e. The van der Waals surface area contributed by atoms with Crippen molar-refractivity contribution in [2.24, 2.45) is 0 Å². The molecule has 3 rings (SSSR count). The quantitative estimate of drug-likeness (QED) is 0.771. The number of carbonyl (C=O) groups is 3. The number of nitrogens with zero attached hydrogens (tertiary/aromatic N) is 1. The van der Waals surface area contributed by atoms with E-state index in [2.05, 4.69) is 5.32 Å². The van der Waals surface area contributed by atoms with Crippen LogP contribution >= 0.6 is 11.3 Å². The number of hydrogen-bond acceptors (Lipinski definition) is 5. The number of esters is 1. The first-order valence-electron chi connectivity index (χ1n) is 9.42. The van der Waals surface area contributed by atoms with Gasteiger partial charge in [0.2, 0.25) is 5.91 Å². The van der Waals surface area contributed by atoms with Gasteiger partial charge in [-0.2, -0.15) is 0 Å². The van der Waals surface area contributed by atoms with Crippen LogP contribution < -0.4 is 5.32 Å². The van der Waals surface area contributed by atoms with Crippen LogP contribution in [0.1, 0.15) is 53.1 Å². The molecule has 1 aliphatic rings. The molecule has 0 bridgehead atoms. The van der Waals surface area contributed by atoms with Gasteiger partial charge in [0.05, 0.1) is 16.5 Å². The van der Waals surface area contributed by atoms with Gasteiger partial charge in [-0.1, -0.05) is 6.07 Å². The van der Waals surface area contributed by atoms with Gasteiger partial charge in [0, 0.05) is 12.2 Å². The molecular formula is C21H24N2O4S. The van der Waals surface area contributed by atoms with Crippen LogP contribution in [0.5, 0.6) is 0 Å². The van der Waals surface area contributed by atoms with Crippen LogP contribution in [0.2, 0.25) is 0 Å². The van der Waals surface area contributed by atoms with Crippen molar-refractivity contribution in [2.75, 3.05) is 11.9 Å². The Bertz CT molecular complexity index is 831. The minimum atomic E-state index is -0.492. The summed E-state index contributed by atoms with van der Waals surface area (Å²) in [4.78, 5) is 39.8. The molecule has 0 radical (unpaired) electrons. The molecule has 1 atom stereocenters. The van der Waals surface area contributed by atoms with Crippen molar-refractivity contribution in [2.45, 2.75) is 45.3 Å². The predicted octanol–water partition coefficient (Wildman–Crippen LogP) is 3.95. The van der Waals surface area contributed by atoms with Crippen molar-refractivity contribution in [1.82, 2.24) is 4.90 Å². The molecule has 1 aliphatic heterocycles. The maximum atomic E-state index is 12.8. The molecule has 0 spiro atoms. The number of anilines is 1. The molecule has 148 valence electrons. The summed E-state index contributed by atoms with van der Waals surface area (Å²) in [5.74, 6) is -0.698. The molecule has 0 aliphatic carbocycles. The number of likely N-dealkylation sites (tertiary alicyclic amines) is 1. The number of benzene rings is 1. The lowest BCUT2D eigenvalue weighted by Gasteiger charge is -2.34. The molecule has 1 saturated heterocycles. The number of amides is 2. The van der Waals surface area contributed by atoms with E-state index >= 15 is 0 Å². The van der Waals surface area contributed by atoms with Crippen LogP contribution in [0.3, 0.4) is 0 Å². The number of carbonyl (C=O) groups excluding carboxylic acids is 3. The third kappa shape index (κ3) is 4.78. The molecule has 1 aromatic carbocycles. The zero-order valence-electron chi connectivity index (χ0n) is 16.0. The van der Waals surface area contributed by atoms with Crippen molar-refractivity contribution in [3.8, 4) is 0 Å².